The number of halogens is 2. The maximum atomic E-state index is 12.6. The van der Waals surface area contributed by atoms with E-state index >= 15 is 0 Å². The van der Waals surface area contributed by atoms with Crippen molar-refractivity contribution in [3.63, 3.8) is 0 Å². The number of hydrogen-bond acceptors (Lipinski definition) is 4. The Bertz CT molecular complexity index is 889. The number of nitrogens with zero attached hydrogens (tertiary/aromatic N) is 1. The van der Waals surface area contributed by atoms with Gasteiger partial charge >= 0.3 is 6.03 Å². The van der Waals surface area contributed by atoms with Gasteiger partial charge in [-0.2, -0.15) is 8.78 Å². The van der Waals surface area contributed by atoms with Gasteiger partial charge in [0.1, 0.15) is 0 Å². The van der Waals surface area contributed by atoms with Gasteiger partial charge in [0.2, 0.25) is 10.0 Å². The van der Waals surface area contributed by atoms with Crippen LogP contribution in [0, 0.1) is 0 Å². The summed E-state index contributed by atoms with van der Waals surface area (Å²) in [6.07, 6.45) is 0. The molecule has 0 saturated heterocycles. The Balaban J connectivity index is 1.97. The van der Waals surface area contributed by atoms with Crippen molar-refractivity contribution in [2.24, 2.45) is 0 Å². The zero-order valence-corrected chi connectivity index (χ0v) is 16.3. The van der Waals surface area contributed by atoms with Crippen molar-refractivity contribution in [3.8, 4) is 0 Å². The lowest BCUT2D eigenvalue weighted by Crippen LogP contribution is -2.28. The molecule has 0 spiro atoms. The summed E-state index contributed by atoms with van der Waals surface area (Å²) in [6.45, 7) is 0.151. The second-order valence-electron chi connectivity index (χ2n) is 5.61. The fourth-order valence-corrected chi connectivity index (χ4v) is 3.60. The third kappa shape index (κ3) is 5.91. The standard InChI is InChI=1S/C17H19F2N3O3S2/c1-22(2)27(24,25)13-9-7-12(8-10-13)11-20-17(23)21-14-5-3-4-6-15(14)26-16(18)19/h3-10,16H,11H2,1-2H3,(H2,20,21,23). The minimum absolute atomic E-state index is 0.151. The summed E-state index contributed by atoms with van der Waals surface area (Å²) in [6, 6.07) is 11.8. The lowest BCUT2D eigenvalue weighted by Gasteiger charge is -2.13. The van der Waals surface area contributed by atoms with Gasteiger partial charge in [-0.25, -0.2) is 17.5 Å². The van der Waals surface area contributed by atoms with Crippen LogP contribution in [-0.2, 0) is 16.6 Å². The van der Waals surface area contributed by atoms with Crippen LogP contribution < -0.4 is 10.6 Å². The third-order valence-electron chi connectivity index (χ3n) is 3.51. The van der Waals surface area contributed by atoms with E-state index < -0.39 is 21.8 Å². The van der Waals surface area contributed by atoms with Crippen molar-refractivity contribution in [3.05, 3.63) is 54.1 Å². The molecule has 0 aliphatic heterocycles. The first-order valence-electron chi connectivity index (χ1n) is 7.80. The highest BCUT2D eigenvalue weighted by Crippen LogP contribution is 2.31. The summed E-state index contributed by atoms with van der Waals surface area (Å²) in [5.41, 5.74) is 0.978. The molecule has 146 valence electrons. The molecule has 0 heterocycles. The maximum Gasteiger partial charge on any atom is 0.319 e. The van der Waals surface area contributed by atoms with Crippen molar-refractivity contribution < 1.29 is 22.0 Å². The Labute approximate surface area is 161 Å². The first kappa shape index (κ1) is 21.1. The van der Waals surface area contributed by atoms with Gasteiger partial charge in [-0.1, -0.05) is 36.0 Å². The van der Waals surface area contributed by atoms with Crippen molar-refractivity contribution in [2.45, 2.75) is 22.1 Å². The molecule has 0 bridgehead atoms. The van der Waals surface area contributed by atoms with Crippen LogP contribution >= 0.6 is 11.8 Å². The minimum atomic E-state index is -3.51. The van der Waals surface area contributed by atoms with E-state index in [9.17, 15) is 22.0 Å². The topological polar surface area (TPSA) is 78.5 Å². The fourth-order valence-electron chi connectivity index (χ4n) is 2.11. The average molecular weight is 415 g/mol. The number of benzene rings is 2. The second kappa shape index (κ2) is 9.16. The van der Waals surface area contributed by atoms with Crippen molar-refractivity contribution >= 4 is 33.5 Å². The van der Waals surface area contributed by atoms with Gasteiger partial charge in [0.25, 0.3) is 5.76 Å². The van der Waals surface area contributed by atoms with Crippen LogP contribution in [0.15, 0.2) is 58.3 Å². The molecule has 6 nitrogen and oxygen atoms in total. The van der Waals surface area contributed by atoms with Gasteiger partial charge < -0.3 is 10.6 Å². The number of anilines is 1. The summed E-state index contributed by atoms with van der Waals surface area (Å²) in [5, 5.41) is 5.13. The molecule has 0 unspecified atom stereocenters. The van der Waals surface area contributed by atoms with Gasteiger partial charge in [0, 0.05) is 25.5 Å². The Hall–Kier alpha value is -2.17. The summed E-state index contributed by atoms with van der Waals surface area (Å²) >= 11 is 0.351. The van der Waals surface area contributed by atoms with Gasteiger partial charge in [-0.05, 0) is 29.8 Å². The molecule has 0 fully saturated rings. The molecule has 2 rings (SSSR count). The zero-order chi connectivity index (χ0) is 20.0. The van der Waals surface area contributed by atoms with Crippen LogP contribution in [0.3, 0.4) is 0 Å². The number of carbonyl (C=O) groups excluding carboxylic acids is 1. The van der Waals surface area contributed by atoms with E-state index in [1.54, 1.807) is 24.3 Å². The summed E-state index contributed by atoms with van der Waals surface area (Å²) in [4.78, 5) is 12.4. The number of urea groups is 1. The Morgan fingerprint density at radius 1 is 1.11 bits per heavy atom. The number of nitrogens with one attached hydrogen (secondary N) is 2. The first-order chi connectivity index (χ1) is 12.7. The average Bonchev–Trinajstić information content (AvgIpc) is 2.61. The molecule has 2 N–H and O–H groups in total. The van der Waals surface area contributed by atoms with E-state index in [2.05, 4.69) is 10.6 Å². The molecule has 27 heavy (non-hydrogen) atoms. The van der Waals surface area contributed by atoms with Crippen molar-refractivity contribution in [1.29, 1.82) is 0 Å². The normalized spacial score (nSPS) is 11.6. The summed E-state index contributed by atoms with van der Waals surface area (Å²) < 4.78 is 50.3. The van der Waals surface area contributed by atoms with E-state index in [0.717, 1.165) is 4.31 Å². The zero-order valence-electron chi connectivity index (χ0n) is 14.6. The largest absolute Gasteiger partial charge is 0.334 e. The van der Waals surface area contributed by atoms with Crippen LogP contribution in [0.4, 0.5) is 19.3 Å². The predicted octanol–water partition coefficient (Wildman–Crippen LogP) is 3.57. The predicted molar refractivity (Wildman–Crippen MR) is 101 cm³/mol. The highest BCUT2D eigenvalue weighted by atomic mass is 32.2. The number of alkyl halides is 2. The van der Waals surface area contributed by atoms with E-state index in [1.165, 1.54) is 38.4 Å². The number of carbonyl (C=O) groups is 1. The maximum absolute atomic E-state index is 12.6. The Morgan fingerprint density at radius 2 is 1.74 bits per heavy atom. The number of rotatable bonds is 7. The minimum Gasteiger partial charge on any atom is -0.334 e. The van der Waals surface area contributed by atoms with Crippen molar-refractivity contribution in [2.75, 3.05) is 19.4 Å². The monoisotopic (exact) mass is 415 g/mol. The van der Waals surface area contributed by atoms with Crippen LogP contribution in [0.2, 0.25) is 0 Å². The molecular weight excluding hydrogens is 396 g/mol. The number of thioether (sulfide) groups is 1. The molecule has 0 saturated carbocycles. The molecule has 2 aromatic rings. The smallest absolute Gasteiger partial charge is 0.319 e. The lowest BCUT2D eigenvalue weighted by molar-refractivity contribution is 0.250. The highest BCUT2D eigenvalue weighted by Gasteiger charge is 2.16. The second-order valence-corrected chi connectivity index (χ2v) is 8.80. The summed E-state index contributed by atoms with van der Waals surface area (Å²) in [7, 11) is -0.623. The van der Waals surface area contributed by atoms with Crippen molar-refractivity contribution in [1.82, 2.24) is 9.62 Å². The molecule has 2 aromatic carbocycles. The number of hydrogen-bond donors (Lipinski definition) is 2. The van der Waals surface area contributed by atoms with Crippen LogP contribution in [0.5, 0.6) is 0 Å². The fraction of sp³-hybridized carbons (Fsp3) is 0.235. The molecule has 0 atom stereocenters. The number of sulfonamides is 1. The van der Waals surface area contributed by atoms with Crippen LogP contribution in [-0.4, -0.2) is 38.6 Å². The van der Waals surface area contributed by atoms with E-state index in [1.807, 2.05) is 0 Å². The Kier molecular flexibility index (Phi) is 7.17. The van der Waals surface area contributed by atoms with Gasteiger partial charge in [0.05, 0.1) is 10.6 Å². The third-order valence-corrected chi connectivity index (χ3v) is 6.12. The molecule has 0 radical (unpaired) electrons. The van der Waals surface area contributed by atoms with E-state index in [4.69, 9.17) is 0 Å². The number of amides is 2. The lowest BCUT2D eigenvalue weighted by atomic mass is 10.2. The summed E-state index contributed by atoms with van der Waals surface area (Å²) in [5.74, 6) is -2.59. The van der Waals surface area contributed by atoms with Crippen LogP contribution in [0.1, 0.15) is 5.56 Å². The van der Waals surface area contributed by atoms with E-state index in [-0.39, 0.29) is 22.0 Å². The van der Waals surface area contributed by atoms with Gasteiger partial charge in [-0.15, -0.1) is 0 Å². The van der Waals surface area contributed by atoms with E-state index in [0.29, 0.717) is 17.3 Å². The SMILES string of the molecule is CN(C)S(=O)(=O)c1ccc(CNC(=O)Nc2ccccc2SC(F)F)cc1. The molecule has 0 aliphatic carbocycles. The molecule has 0 aromatic heterocycles. The quantitative estimate of drug-likeness (QED) is 0.678. The number of para-hydroxylation sites is 1. The molecular formula is C17H19F2N3O3S2. The highest BCUT2D eigenvalue weighted by molar-refractivity contribution is 7.99. The molecule has 10 heteroatoms. The van der Waals surface area contributed by atoms with Gasteiger partial charge in [0.15, 0.2) is 0 Å². The molecule has 2 amide bonds. The van der Waals surface area contributed by atoms with Crippen LogP contribution in [0.25, 0.3) is 0 Å². The molecule has 0 aliphatic rings. The van der Waals surface area contributed by atoms with Gasteiger partial charge in [-0.3, -0.25) is 0 Å². The Morgan fingerprint density at radius 3 is 2.33 bits per heavy atom. The first-order valence-corrected chi connectivity index (χ1v) is 10.1.